The average Bonchev–Trinajstić information content (AvgIpc) is 3.32. The highest BCUT2D eigenvalue weighted by Crippen LogP contribution is 2.45. The highest BCUT2D eigenvalue weighted by atomic mass is 32.2. The van der Waals surface area contributed by atoms with Gasteiger partial charge in [-0.1, -0.05) is 17.3 Å². The number of pyridine rings is 1. The lowest BCUT2D eigenvalue weighted by Crippen LogP contribution is -2.46. The van der Waals surface area contributed by atoms with Crippen LogP contribution in [0.5, 0.6) is 0 Å². The number of aromatic nitrogens is 3. The number of halogens is 1. The molecule has 1 aromatic carbocycles. The van der Waals surface area contributed by atoms with Crippen LogP contribution in [0.1, 0.15) is 37.5 Å². The van der Waals surface area contributed by atoms with Gasteiger partial charge in [-0.25, -0.2) is 12.8 Å². The van der Waals surface area contributed by atoms with E-state index in [2.05, 4.69) is 15.1 Å². The Labute approximate surface area is 167 Å². The standard InChI is InChI=1S/C20H19FN4O3S/c21-17-5-1-2-6-18(17)29(26,27)25-15-7-8-16(25)11-14(10-15)20-23-19(24-28-20)13-4-3-9-22-12-13/h1-6,9,12,14-16H,7-8,10-11H2/t14?,15-,16+. The summed E-state index contributed by atoms with van der Waals surface area (Å²) < 4.78 is 47.4. The highest BCUT2D eigenvalue weighted by molar-refractivity contribution is 7.89. The minimum atomic E-state index is -3.89. The van der Waals surface area contributed by atoms with Gasteiger partial charge in [0, 0.05) is 36.0 Å². The molecular formula is C20H19FN4O3S. The number of hydrogen-bond donors (Lipinski definition) is 0. The Balaban J connectivity index is 1.40. The van der Waals surface area contributed by atoms with E-state index in [1.807, 2.05) is 6.07 Å². The topological polar surface area (TPSA) is 89.2 Å². The lowest BCUT2D eigenvalue weighted by molar-refractivity contribution is 0.201. The Morgan fingerprint density at radius 3 is 2.52 bits per heavy atom. The third-order valence-electron chi connectivity index (χ3n) is 5.77. The number of sulfonamides is 1. The largest absolute Gasteiger partial charge is 0.339 e. The SMILES string of the molecule is O=S(=O)(c1ccccc1F)N1[C@@H]2CC[C@H]1CC(c1nc(-c3cccnc3)no1)C2. The molecule has 2 fully saturated rings. The first-order valence-electron chi connectivity index (χ1n) is 9.56. The van der Waals surface area contributed by atoms with Gasteiger partial charge in [0.25, 0.3) is 0 Å². The van der Waals surface area contributed by atoms with E-state index in [-0.39, 0.29) is 22.9 Å². The third-order valence-corrected chi connectivity index (χ3v) is 7.81. The second kappa shape index (κ2) is 7.00. The number of hydrogen-bond acceptors (Lipinski definition) is 6. The van der Waals surface area contributed by atoms with Crippen LogP contribution < -0.4 is 0 Å². The fourth-order valence-corrected chi connectivity index (χ4v) is 6.47. The molecule has 0 radical (unpaired) electrons. The van der Waals surface area contributed by atoms with E-state index in [0.717, 1.165) is 18.4 Å². The molecule has 2 bridgehead atoms. The molecule has 0 spiro atoms. The second-order valence-electron chi connectivity index (χ2n) is 7.52. The Morgan fingerprint density at radius 2 is 1.83 bits per heavy atom. The molecule has 150 valence electrons. The molecule has 3 atom stereocenters. The molecule has 0 amide bonds. The maximum atomic E-state index is 14.2. The Hall–Kier alpha value is -2.65. The number of fused-ring (bicyclic) bond motifs is 2. The lowest BCUT2D eigenvalue weighted by Gasteiger charge is -2.36. The van der Waals surface area contributed by atoms with Gasteiger partial charge in [-0.2, -0.15) is 9.29 Å². The summed E-state index contributed by atoms with van der Waals surface area (Å²) in [5.74, 6) is 0.259. The molecule has 3 aromatic rings. The van der Waals surface area contributed by atoms with Crippen molar-refractivity contribution in [3.05, 3.63) is 60.5 Å². The van der Waals surface area contributed by atoms with Crippen LogP contribution in [0.4, 0.5) is 4.39 Å². The lowest BCUT2D eigenvalue weighted by atomic mass is 9.92. The van der Waals surface area contributed by atoms with Gasteiger partial charge in [0.15, 0.2) is 0 Å². The highest BCUT2D eigenvalue weighted by Gasteiger charge is 2.49. The fourth-order valence-electron chi connectivity index (χ4n) is 4.51. The van der Waals surface area contributed by atoms with Gasteiger partial charge in [0.05, 0.1) is 0 Å². The van der Waals surface area contributed by atoms with Crippen molar-refractivity contribution in [2.45, 2.75) is 48.6 Å². The van der Waals surface area contributed by atoms with E-state index in [1.54, 1.807) is 24.5 Å². The molecule has 0 saturated carbocycles. The predicted octanol–water partition coefficient (Wildman–Crippen LogP) is 3.37. The Bertz CT molecular complexity index is 1120. The summed E-state index contributed by atoms with van der Waals surface area (Å²) in [6.07, 6.45) is 6.00. The van der Waals surface area contributed by atoms with Gasteiger partial charge in [-0.3, -0.25) is 4.98 Å². The molecule has 9 heteroatoms. The van der Waals surface area contributed by atoms with Crippen LogP contribution in [0, 0.1) is 5.82 Å². The summed E-state index contributed by atoms with van der Waals surface area (Å²) >= 11 is 0. The first-order valence-corrected chi connectivity index (χ1v) is 11.0. The van der Waals surface area contributed by atoms with Crippen molar-refractivity contribution in [2.24, 2.45) is 0 Å². The molecule has 0 N–H and O–H groups in total. The molecule has 2 aliphatic heterocycles. The van der Waals surface area contributed by atoms with Crippen molar-refractivity contribution in [1.29, 1.82) is 0 Å². The number of piperidine rings is 1. The minimum absolute atomic E-state index is 0.0162. The van der Waals surface area contributed by atoms with Gasteiger partial charge in [0.1, 0.15) is 10.7 Å². The quantitative estimate of drug-likeness (QED) is 0.650. The van der Waals surface area contributed by atoms with Gasteiger partial charge < -0.3 is 4.52 Å². The summed E-state index contributed by atoms with van der Waals surface area (Å²) in [5.41, 5.74) is 0.769. The van der Waals surface area contributed by atoms with Crippen molar-refractivity contribution < 1.29 is 17.3 Å². The Kier molecular flexibility index (Phi) is 4.44. The summed E-state index contributed by atoms with van der Waals surface area (Å²) in [4.78, 5) is 8.32. The molecule has 0 aliphatic carbocycles. The maximum Gasteiger partial charge on any atom is 0.246 e. The zero-order valence-electron chi connectivity index (χ0n) is 15.5. The van der Waals surface area contributed by atoms with Crippen LogP contribution in [-0.2, 0) is 10.0 Å². The molecule has 29 heavy (non-hydrogen) atoms. The molecule has 4 heterocycles. The number of rotatable bonds is 4. The van der Waals surface area contributed by atoms with Crippen LogP contribution in [0.2, 0.25) is 0 Å². The zero-order valence-corrected chi connectivity index (χ0v) is 16.3. The van der Waals surface area contributed by atoms with Crippen LogP contribution in [0.3, 0.4) is 0 Å². The molecule has 2 saturated heterocycles. The van der Waals surface area contributed by atoms with E-state index in [9.17, 15) is 12.8 Å². The average molecular weight is 414 g/mol. The van der Waals surface area contributed by atoms with Crippen LogP contribution >= 0.6 is 0 Å². The summed E-state index contributed by atoms with van der Waals surface area (Å²) in [5, 5.41) is 4.05. The van der Waals surface area contributed by atoms with Crippen molar-refractivity contribution in [3.8, 4) is 11.4 Å². The normalized spacial score (nSPS) is 24.7. The van der Waals surface area contributed by atoms with Gasteiger partial charge in [-0.15, -0.1) is 0 Å². The molecule has 2 aliphatic rings. The van der Waals surface area contributed by atoms with E-state index in [4.69, 9.17) is 4.52 Å². The summed E-state index contributed by atoms with van der Waals surface area (Å²) in [6, 6.07) is 8.81. The van der Waals surface area contributed by atoms with Crippen molar-refractivity contribution in [2.75, 3.05) is 0 Å². The van der Waals surface area contributed by atoms with E-state index >= 15 is 0 Å². The first-order chi connectivity index (χ1) is 14.0. The maximum absolute atomic E-state index is 14.2. The molecule has 1 unspecified atom stereocenters. The van der Waals surface area contributed by atoms with Gasteiger partial charge in [-0.05, 0) is 49.9 Å². The monoisotopic (exact) mass is 414 g/mol. The Morgan fingerprint density at radius 1 is 1.07 bits per heavy atom. The summed E-state index contributed by atoms with van der Waals surface area (Å²) in [7, 11) is -3.89. The number of nitrogens with zero attached hydrogens (tertiary/aromatic N) is 4. The van der Waals surface area contributed by atoms with Crippen molar-refractivity contribution in [3.63, 3.8) is 0 Å². The van der Waals surface area contributed by atoms with Crippen LogP contribution in [0.15, 0.2) is 58.2 Å². The van der Waals surface area contributed by atoms with E-state index in [1.165, 1.54) is 22.5 Å². The van der Waals surface area contributed by atoms with Crippen LogP contribution in [0.25, 0.3) is 11.4 Å². The molecule has 7 nitrogen and oxygen atoms in total. The van der Waals surface area contributed by atoms with E-state index < -0.39 is 15.8 Å². The predicted molar refractivity (Wildman–Crippen MR) is 102 cm³/mol. The zero-order chi connectivity index (χ0) is 20.0. The van der Waals surface area contributed by atoms with Crippen LogP contribution in [-0.4, -0.2) is 39.9 Å². The van der Waals surface area contributed by atoms with Crippen molar-refractivity contribution >= 4 is 10.0 Å². The number of benzene rings is 1. The molecular weight excluding hydrogens is 395 g/mol. The van der Waals surface area contributed by atoms with Gasteiger partial charge in [0.2, 0.25) is 21.7 Å². The smallest absolute Gasteiger partial charge is 0.246 e. The fraction of sp³-hybridized carbons (Fsp3) is 0.350. The third kappa shape index (κ3) is 3.14. The van der Waals surface area contributed by atoms with Gasteiger partial charge >= 0.3 is 0 Å². The minimum Gasteiger partial charge on any atom is -0.339 e. The molecule has 5 rings (SSSR count). The summed E-state index contributed by atoms with van der Waals surface area (Å²) in [6.45, 7) is 0. The van der Waals surface area contributed by atoms with E-state index in [0.29, 0.717) is 24.6 Å². The van der Waals surface area contributed by atoms with Crippen molar-refractivity contribution in [1.82, 2.24) is 19.4 Å². The second-order valence-corrected chi connectivity index (χ2v) is 9.33. The first kappa shape index (κ1) is 18.4. The molecule has 2 aromatic heterocycles.